The second kappa shape index (κ2) is 12.3. The number of nitrogens with one attached hydrogen (secondary N) is 1. The Balaban J connectivity index is 1.27. The molecule has 1 aliphatic heterocycles. The molecule has 3 N–H and O–H groups in total. The van der Waals surface area contributed by atoms with Crippen LogP contribution in [0.2, 0.25) is 0 Å². The molecule has 1 aliphatic rings. The molecule has 188 valence electrons. The SMILES string of the molecule is CCN1CCN(Cc2ccc(CNC(=O)c3cccc(COc4ccccc4C(N)=O)c3)cc2)CC1. The van der Waals surface area contributed by atoms with Gasteiger partial charge in [0.25, 0.3) is 11.8 Å². The van der Waals surface area contributed by atoms with Crippen molar-refractivity contribution < 1.29 is 14.3 Å². The van der Waals surface area contributed by atoms with Gasteiger partial charge in [0.1, 0.15) is 12.4 Å². The molecule has 0 unspecified atom stereocenters. The largest absolute Gasteiger partial charge is 0.488 e. The van der Waals surface area contributed by atoms with E-state index in [9.17, 15) is 9.59 Å². The number of primary amides is 1. The van der Waals surface area contributed by atoms with Crippen molar-refractivity contribution >= 4 is 11.8 Å². The monoisotopic (exact) mass is 486 g/mol. The van der Waals surface area contributed by atoms with Gasteiger partial charge in [-0.05, 0) is 47.5 Å². The first-order valence-electron chi connectivity index (χ1n) is 12.4. The van der Waals surface area contributed by atoms with Gasteiger partial charge in [-0.2, -0.15) is 0 Å². The van der Waals surface area contributed by atoms with E-state index in [0.717, 1.165) is 50.4 Å². The number of benzene rings is 3. The number of amides is 2. The van der Waals surface area contributed by atoms with E-state index in [1.165, 1.54) is 5.56 Å². The summed E-state index contributed by atoms with van der Waals surface area (Å²) in [6, 6.07) is 22.6. The zero-order valence-electron chi connectivity index (χ0n) is 20.8. The minimum atomic E-state index is -0.540. The lowest BCUT2D eigenvalue weighted by atomic mass is 10.1. The third kappa shape index (κ3) is 6.93. The van der Waals surface area contributed by atoms with Crippen LogP contribution in [0.5, 0.6) is 5.75 Å². The summed E-state index contributed by atoms with van der Waals surface area (Å²) in [4.78, 5) is 29.3. The van der Waals surface area contributed by atoms with E-state index in [-0.39, 0.29) is 12.5 Å². The van der Waals surface area contributed by atoms with Gasteiger partial charge in [0.15, 0.2) is 0 Å². The number of piperazine rings is 1. The summed E-state index contributed by atoms with van der Waals surface area (Å²) in [6.07, 6.45) is 0. The maximum atomic E-state index is 12.7. The number of hydrogen-bond donors (Lipinski definition) is 2. The Labute approximate surface area is 212 Å². The molecule has 3 aromatic carbocycles. The van der Waals surface area contributed by atoms with E-state index in [0.29, 0.717) is 23.4 Å². The molecular formula is C29H34N4O3. The van der Waals surface area contributed by atoms with Gasteiger partial charge in [-0.3, -0.25) is 14.5 Å². The lowest BCUT2D eigenvalue weighted by Crippen LogP contribution is -2.45. The molecule has 4 rings (SSSR count). The lowest BCUT2D eigenvalue weighted by Gasteiger charge is -2.34. The summed E-state index contributed by atoms with van der Waals surface area (Å²) in [7, 11) is 0. The van der Waals surface area contributed by atoms with Gasteiger partial charge >= 0.3 is 0 Å². The molecule has 1 fully saturated rings. The average Bonchev–Trinajstić information content (AvgIpc) is 2.92. The molecule has 0 bridgehead atoms. The first-order valence-corrected chi connectivity index (χ1v) is 12.4. The summed E-state index contributed by atoms with van der Waals surface area (Å²) in [5, 5.41) is 3.00. The zero-order valence-corrected chi connectivity index (χ0v) is 20.8. The van der Waals surface area contributed by atoms with Crippen LogP contribution in [0.15, 0.2) is 72.8 Å². The molecule has 0 radical (unpaired) electrons. The van der Waals surface area contributed by atoms with E-state index < -0.39 is 5.91 Å². The Kier molecular flexibility index (Phi) is 8.71. The van der Waals surface area contributed by atoms with Crippen LogP contribution >= 0.6 is 0 Å². The van der Waals surface area contributed by atoms with Gasteiger partial charge in [-0.15, -0.1) is 0 Å². The van der Waals surface area contributed by atoms with Crippen molar-refractivity contribution in [3.63, 3.8) is 0 Å². The van der Waals surface area contributed by atoms with Crippen molar-refractivity contribution in [2.24, 2.45) is 5.73 Å². The maximum Gasteiger partial charge on any atom is 0.252 e. The molecule has 0 atom stereocenters. The van der Waals surface area contributed by atoms with Crippen LogP contribution in [0.4, 0.5) is 0 Å². The molecule has 0 aliphatic carbocycles. The molecule has 3 aromatic rings. The highest BCUT2D eigenvalue weighted by atomic mass is 16.5. The summed E-state index contributed by atoms with van der Waals surface area (Å²) >= 11 is 0. The van der Waals surface area contributed by atoms with Gasteiger partial charge in [0.2, 0.25) is 0 Å². The number of hydrogen-bond acceptors (Lipinski definition) is 5. The number of carbonyl (C=O) groups excluding carboxylic acids is 2. The number of carbonyl (C=O) groups is 2. The molecule has 36 heavy (non-hydrogen) atoms. The van der Waals surface area contributed by atoms with Gasteiger partial charge in [0.05, 0.1) is 5.56 Å². The van der Waals surface area contributed by atoms with E-state index >= 15 is 0 Å². The fourth-order valence-electron chi connectivity index (χ4n) is 4.33. The van der Waals surface area contributed by atoms with Gasteiger partial charge in [-0.1, -0.05) is 55.5 Å². The van der Waals surface area contributed by atoms with Crippen LogP contribution in [0.3, 0.4) is 0 Å². The highest BCUT2D eigenvalue weighted by molar-refractivity contribution is 5.95. The van der Waals surface area contributed by atoms with E-state index in [4.69, 9.17) is 10.5 Å². The van der Waals surface area contributed by atoms with Crippen LogP contribution in [0.25, 0.3) is 0 Å². The number of para-hydroxylation sites is 1. The standard InChI is InChI=1S/C29H34N4O3/c1-2-32-14-16-33(17-15-32)20-23-12-10-22(11-13-23)19-31-29(35)25-7-5-6-24(18-25)21-36-27-9-4-3-8-26(27)28(30)34/h3-13,18H,2,14-17,19-21H2,1H3,(H2,30,34)(H,31,35). The molecule has 0 spiro atoms. The number of nitrogens with two attached hydrogens (primary N) is 1. The lowest BCUT2D eigenvalue weighted by molar-refractivity contribution is 0.0949. The van der Waals surface area contributed by atoms with Crippen molar-refractivity contribution in [1.29, 1.82) is 0 Å². The third-order valence-corrected chi connectivity index (χ3v) is 6.53. The van der Waals surface area contributed by atoms with E-state index in [1.54, 1.807) is 36.4 Å². The zero-order chi connectivity index (χ0) is 25.3. The number of nitrogens with zero attached hydrogens (tertiary/aromatic N) is 2. The number of rotatable bonds is 10. The summed E-state index contributed by atoms with van der Waals surface area (Å²) in [5.74, 6) is -0.264. The van der Waals surface area contributed by atoms with Crippen LogP contribution < -0.4 is 15.8 Å². The maximum absolute atomic E-state index is 12.7. The Bertz CT molecular complexity index is 1170. The van der Waals surface area contributed by atoms with Gasteiger partial charge in [0, 0.05) is 44.8 Å². The summed E-state index contributed by atoms with van der Waals surface area (Å²) in [6.45, 7) is 9.46. The molecule has 0 aromatic heterocycles. The van der Waals surface area contributed by atoms with E-state index in [1.807, 2.05) is 12.1 Å². The Morgan fingerprint density at radius 1 is 0.861 bits per heavy atom. The van der Waals surface area contributed by atoms with Gasteiger partial charge < -0.3 is 20.7 Å². The molecule has 7 nitrogen and oxygen atoms in total. The summed E-state index contributed by atoms with van der Waals surface area (Å²) in [5.41, 5.74) is 9.48. The number of likely N-dealkylation sites (N-methyl/N-ethyl adjacent to an activating group) is 1. The molecule has 1 heterocycles. The van der Waals surface area contributed by atoms with Crippen LogP contribution in [0.1, 0.15) is 44.3 Å². The minimum Gasteiger partial charge on any atom is -0.488 e. The second-order valence-corrected chi connectivity index (χ2v) is 9.06. The van der Waals surface area contributed by atoms with Crippen molar-refractivity contribution in [1.82, 2.24) is 15.1 Å². The predicted octanol–water partition coefficient (Wildman–Crippen LogP) is 3.43. The first kappa shape index (κ1) is 25.4. The smallest absolute Gasteiger partial charge is 0.252 e. The molecule has 7 heteroatoms. The molecule has 2 amide bonds. The fourth-order valence-corrected chi connectivity index (χ4v) is 4.33. The third-order valence-electron chi connectivity index (χ3n) is 6.53. The predicted molar refractivity (Wildman–Crippen MR) is 141 cm³/mol. The van der Waals surface area contributed by atoms with Crippen LogP contribution in [-0.2, 0) is 19.7 Å². The molecule has 0 saturated carbocycles. The normalized spacial score (nSPS) is 14.4. The van der Waals surface area contributed by atoms with Crippen LogP contribution in [-0.4, -0.2) is 54.3 Å². The Morgan fingerprint density at radius 3 is 2.28 bits per heavy atom. The highest BCUT2D eigenvalue weighted by Crippen LogP contribution is 2.19. The summed E-state index contributed by atoms with van der Waals surface area (Å²) < 4.78 is 5.79. The van der Waals surface area contributed by atoms with Crippen molar-refractivity contribution in [2.75, 3.05) is 32.7 Å². The fraction of sp³-hybridized carbons (Fsp3) is 0.310. The van der Waals surface area contributed by atoms with Crippen molar-refractivity contribution in [2.45, 2.75) is 26.6 Å². The van der Waals surface area contributed by atoms with Gasteiger partial charge in [-0.25, -0.2) is 0 Å². The quantitative estimate of drug-likeness (QED) is 0.458. The number of ether oxygens (including phenoxy) is 1. The van der Waals surface area contributed by atoms with Crippen LogP contribution in [0, 0.1) is 0 Å². The molecular weight excluding hydrogens is 452 g/mol. The Morgan fingerprint density at radius 2 is 1.56 bits per heavy atom. The average molecular weight is 487 g/mol. The minimum absolute atomic E-state index is 0.146. The molecule has 1 saturated heterocycles. The van der Waals surface area contributed by atoms with Crippen molar-refractivity contribution in [3.05, 3.63) is 101 Å². The highest BCUT2D eigenvalue weighted by Gasteiger charge is 2.15. The Hall–Kier alpha value is -3.68. The van der Waals surface area contributed by atoms with E-state index in [2.05, 4.69) is 46.3 Å². The first-order chi connectivity index (χ1) is 17.5. The van der Waals surface area contributed by atoms with Crippen molar-refractivity contribution in [3.8, 4) is 5.75 Å². The topological polar surface area (TPSA) is 87.9 Å². The second-order valence-electron chi connectivity index (χ2n) is 9.06.